The molecule has 0 aliphatic carbocycles. The summed E-state index contributed by atoms with van der Waals surface area (Å²) in [5.41, 5.74) is 2.54. The number of halogens is 1. The van der Waals surface area contributed by atoms with E-state index < -0.39 is 0 Å². The van der Waals surface area contributed by atoms with Gasteiger partial charge in [-0.1, -0.05) is 58.4 Å². The second-order valence-electron chi connectivity index (χ2n) is 5.09. The Morgan fingerprint density at radius 1 is 1.05 bits per heavy atom. The minimum atomic E-state index is 0.238. The van der Waals surface area contributed by atoms with Gasteiger partial charge in [-0.05, 0) is 36.0 Å². The maximum Gasteiger partial charge on any atom is 0.0380 e. The van der Waals surface area contributed by atoms with Gasteiger partial charge in [0.2, 0.25) is 0 Å². The van der Waals surface area contributed by atoms with Gasteiger partial charge in [0.25, 0.3) is 0 Å². The molecular weight excluding hydrogens is 324 g/mol. The minimum absolute atomic E-state index is 0.238. The van der Waals surface area contributed by atoms with Crippen LogP contribution in [0.1, 0.15) is 17.2 Å². The summed E-state index contributed by atoms with van der Waals surface area (Å²) in [5.74, 6) is 0. The lowest BCUT2D eigenvalue weighted by molar-refractivity contribution is 0.593. The third kappa shape index (κ3) is 2.99. The zero-order valence-electron chi connectivity index (χ0n) is 11.9. The molecule has 21 heavy (non-hydrogen) atoms. The molecule has 3 heteroatoms. The molecule has 0 amide bonds. The number of benzene rings is 2. The Morgan fingerprint density at radius 2 is 1.81 bits per heavy atom. The van der Waals surface area contributed by atoms with Crippen molar-refractivity contribution in [1.29, 1.82) is 0 Å². The maximum absolute atomic E-state index is 4.39. The number of fused-ring (bicyclic) bond motifs is 1. The van der Waals surface area contributed by atoms with Gasteiger partial charge in [0.05, 0.1) is 0 Å². The van der Waals surface area contributed by atoms with E-state index in [1.165, 1.54) is 21.9 Å². The fourth-order valence-electron chi connectivity index (χ4n) is 2.67. The summed E-state index contributed by atoms with van der Waals surface area (Å²) in [6.45, 7) is 0. The van der Waals surface area contributed by atoms with Crippen molar-refractivity contribution in [2.24, 2.45) is 0 Å². The standard InChI is InChI=1S/C18H17BrN2/c1-20-18(10-13-6-3-5-9-17(13)19)16-12-21-11-14-7-2-4-8-15(14)16/h2-9,11-12,18,20H,10H2,1H3. The molecule has 1 atom stereocenters. The van der Waals surface area contributed by atoms with Crippen molar-refractivity contribution < 1.29 is 0 Å². The molecule has 0 radical (unpaired) electrons. The summed E-state index contributed by atoms with van der Waals surface area (Å²) >= 11 is 3.63. The third-order valence-electron chi connectivity index (χ3n) is 3.80. The Hall–Kier alpha value is -1.71. The molecule has 1 N–H and O–H groups in total. The molecule has 3 rings (SSSR count). The Kier molecular flexibility index (Phi) is 4.32. The zero-order chi connectivity index (χ0) is 14.7. The van der Waals surface area contributed by atoms with Crippen LogP contribution in [0.5, 0.6) is 0 Å². The quantitative estimate of drug-likeness (QED) is 0.756. The van der Waals surface area contributed by atoms with Crippen LogP contribution in [0.2, 0.25) is 0 Å². The van der Waals surface area contributed by atoms with Gasteiger partial charge in [0, 0.05) is 28.3 Å². The number of hydrogen-bond donors (Lipinski definition) is 1. The molecule has 0 fully saturated rings. The van der Waals surface area contributed by atoms with Gasteiger partial charge >= 0.3 is 0 Å². The highest BCUT2D eigenvalue weighted by Crippen LogP contribution is 2.27. The molecule has 0 spiro atoms. The second kappa shape index (κ2) is 6.37. The van der Waals surface area contributed by atoms with E-state index in [1.807, 2.05) is 25.5 Å². The fraction of sp³-hybridized carbons (Fsp3) is 0.167. The van der Waals surface area contributed by atoms with E-state index in [0.717, 1.165) is 10.9 Å². The van der Waals surface area contributed by atoms with Gasteiger partial charge in [0.15, 0.2) is 0 Å². The molecule has 0 bridgehead atoms. The molecule has 2 aromatic carbocycles. The minimum Gasteiger partial charge on any atom is -0.313 e. The largest absolute Gasteiger partial charge is 0.313 e. The normalized spacial score (nSPS) is 12.5. The van der Waals surface area contributed by atoms with Crippen LogP contribution in [-0.2, 0) is 6.42 Å². The molecule has 0 saturated heterocycles. The van der Waals surface area contributed by atoms with Crippen LogP contribution in [0.3, 0.4) is 0 Å². The van der Waals surface area contributed by atoms with Crippen molar-refractivity contribution in [3.05, 3.63) is 76.5 Å². The van der Waals surface area contributed by atoms with E-state index in [4.69, 9.17) is 0 Å². The van der Waals surface area contributed by atoms with Crippen molar-refractivity contribution in [3.63, 3.8) is 0 Å². The van der Waals surface area contributed by atoms with Gasteiger partial charge in [-0.2, -0.15) is 0 Å². The second-order valence-corrected chi connectivity index (χ2v) is 5.94. The molecule has 106 valence electrons. The molecule has 3 aromatic rings. The van der Waals surface area contributed by atoms with Gasteiger partial charge in [-0.3, -0.25) is 4.98 Å². The molecule has 0 saturated carbocycles. The smallest absolute Gasteiger partial charge is 0.0380 e. The van der Waals surface area contributed by atoms with E-state index >= 15 is 0 Å². The lowest BCUT2D eigenvalue weighted by Crippen LogP contribution is -2.19. The van der Waals surface area contributed by atoms with Gasteiger partial charge in [0.1, 0.15) is 0 Å². The van der Waals surface area contributed by atoms with E-state index in [0.29, 0.717) is 0 Å². The van der Waals surface area contributed by atoms with Crippen LogP contribution in [0.25, 0.3) is 10.8 Å². The van der Waals surface area contributed by atoms with Gasteiger partial charge in [-0.15, -0.1) is 0 Å². The number of likely N-dealkylation sites (N-methyl/N-ethyl adjacent to an activating group) is 1. The number of hydrogen-bond acceptors (Lipinski definition) is 2. The molecule has 0 aliphatic heterocycles. The molecule has 1 aromatic heterocycles. The molecule has 0 aliphatic rings. The average molecular weight is 341 g/mol. The van der Waals surface area contributed by atoms with Crippen molar-refractivity contribution in [3.8, 4) is 0 Å². The molecule has 1 heterocycles. The van der Waals surface area contributed by atoms with Crippen molar-refractivity contribution >= 4 is 26.7 Å². The Labute approximate surface area is 133 Å². The first-order valence-corrected chi connectivity index (χ1v) is 7.82. The maximum atomic E-state index is 4.39. The molecule has 2 nitrogen and oxygen atoms in total. The summed E-state index contributed by atoms with van der Waals surface area (Å²) < 4.78 is 1.15. The molecule has 1 unspecified atom stereocenters. The summed E-state index contributed by atoms with van der Waals surface area (Å²) in [4.78, 5) is 4.39. The van der Waals surface area contributed by atoms with Crippen molar-refractivity contribution in [1.82, 2.24) is 10.3 Å². The first kappa shape index (κ1) is 14.2. The van der Waals surface area contributed by atoms with Gasteiger partial charge < -0.3 is 5.32 Å². The Bertz CT molecular complexity index is 750. The highest BCUT2D eigenvalue weighted by molar-refractivity contribution is 9.10. The first-order chi connectivity index (χ1) is 10.3. The number of nitrogens with zero attached hydrogens (tertiary/aromatic N) is 1. The highest BCUT2D eigenvalue weighted by atomic mass is 79.9. The summed E-state index contributed by atoms with van der Waals surface area (Å²) in [6, 6.07) is 17.0. The van der Waals surface area contributed by atoms with Crippen LogP contribution in [-0.4, -0.2) is 12.0 Å². The average Bonchev–Trinajstić information content (AvgIpc) is 2.54. The number of rotatable bonds is 4. The van der Waals surface area contributed by atoms with E-state index in [1.54, 1.807) is 0 Å². The topological polar surface area (TPSA) is 24.9 Å². The first-order valence-electron chi connectivity index (χ1n) is 7.03. The number of pyridine rings is 1. The highest BCUT2D eigenvalue weighted by Gasteiger charge is 2.14. The monoisotopic (exact) mass is 340 g/mol. The van der Waals surface area contributed by atoms with Crippen LogP contribution in [0.4, 0.5) is 0 Å². The lowest BCUT2D eigenvalue weighted by atomic mass is 9.96. The summed E-state index contributed by atoms with van der Waals surface area (Å²) in [5, 5.41) is 5.87. The summed E-state index contributed by atoms with van der Waals surface area (Å²) in [7, 11) is 2.00. The Morgan fingerprint density at radius 3 is 2.62 bits per heavy atom. The SMILES string of the molecule is CNC(Cc1ccccc1Br)c1cncc2ccccc12. The lowest BCUT2D eigenvalue weighted by Gasteiger charge is -2.19. The zero-order valence-corrected chi connectivity index (χ0v) is 13.5. The van der Waals surface area contributed by atoms with Crippen LogP contribution in [0, 0.1) is 0 Å². The Balaban J connectivity index is 2.01. The van der Waals surface area contributed by atoms with Crippen molar-refractivity contribution in [2.45, 2.75) is 12.5 Å². The third-order valence-corrected chi connectivity index (χ3v) is 4.58. The van der Waals surface area contributed by atoms with Crippen LogP contribution in [0.15, 0.2) is 65.4 Å². The van der Waals surface area contributed by atoms with E-state index in [9.17, 15) is 0 Å². The predicted octanol–water partition coefficient (Wildman–Crippen LogP) is 4.50. The van der Waals surface area contributed by atoms with Gasteiger partial charge in [-0.25, -0.2) is 0 Å². The van der Waals surface area contributed by atoms with Crippen LogP contribution < -0.4 is 5.32 Å². The molecular formula is C18H17BrN2. The number of nitrogens with one attached hydrogen (secondary N) is 1. The van der Waals surface area contributed by atoms with E-state index in [2.05, 4.69) is 68.7 Å². The van der Waals surface area contributed by atoms with E-state index in [-0.39, 0.29) is 6.04 Å². The van der Waals surface area contributed by atoms with Crippen molar-refractivity contribution in [2.75, 3.05) is 7.05 Å². The predicted molar refractivity (Wildman–Crippen MR) is 91.4 cm³/mol. The summed E-state index contributed by atoms with van der Waals surface area (Å²) in [6.07, 6.45) is 4.82. The fourth-order valence-corrected chi connectivity index (χ4v) is 3.12. The van der Waals surface area contributed by atoms with Crippen LogP contribution >= 0.6 is 15.9 Å². The number of aromatic nitrogens is 1.